The van der Waals surface area contributed by atoms with Gasteiger partial charge in [0.2, 0.25) is 0 Å². The highest BCUT2D eigenvalue weighted by Crippen LogP contribution is 2.32. The Kier molecular flexibility index (Phi) is 4.34. The predicted octanol–water partition coefficient (Wildman–Crippen LogP) is 3.07. The lowest BCUT2D eigenvalue weighted by molar-refractivity contribution is 0.680. The Morgan fingerprint density at radius 2 is 2.05 bits per heavy atom. The van der Waals surface area contributed by atoms with Crippen molar-refractivity contribution < 1.29 is 0 Å². The number of rotatable bonds is 5. The Morgan fingerprint density at radius 1 is 1.32 bits per heavy atom. The number of anilines is 1. The monoisotopic (exact) mass is 297 g/mol. The third kappa shape index (κ3) is 3.44. The largest absolute Gasteiger partial charge is 0.346 e. The Balaban J connectivity index is 1.74. The van der Waals surface area contributed by atoms with Gasteiger partial charge in [-0.2, -0.15) is 11.8 Å². The zero-order valence-corrected chi connectivity index (χ0v) is 13.4. The molecule has 0 unspecified atom stereocenters. The maximum absolute atomic E-state index is 4.93. The van der Waals surface area contributed by atoms with Crippen LogP contribution in [0.5, 0.6) is 0 Å². The number of thiazole rings is 1. The molecule has 0 bridgehead atoms. The fraction of sp³-hybridized carbons (Fsp3) is 0.786. The van der Waals surface area contributed by atoms with Crippen molar-refractivity contribution in [2.75, 3.05) is 29.5 Å². The summed E-state index contributed by atoms with van der Waals surface area (Å²) in [4.78, 5) is 8.85. The molecule has 3 nitrogen and oxygen atoms in total. The van der Waals surface area contributed by atoms with E-state index in [0.717, 1.165) is 25.7 Å². The van der Waals surface area contributed by atoms with Crippen LogP contribution < -0.4 is 10.2 Å². The summed E-state index contributed by atoms with van der Waals surface area (Å²) in [5, 5.41) is 4.88. The van der Waals surface area contributed by atoms with E-state index < -0.39 is 0 Å². The van der Waals surface area contributed by atoms with Gasteiger partial charge in [0.25, 0.3) is 0 Å². The van der Waals surface area contributed by atoms with Crippen molar-refractivity contribution in [3.63, 3.8) is 0 Å². The molecular weight excluding hydrogens is 274 g/mol. The molecule has 1 aromatic heterocycles. The van der Waals surface area contributed by atoms with Crippen molar-refractivity contribution in [1.29, 1.82) is 0 Å². The fourth-order valence-corrected chi connectivity index (χ4v) is 4.46. The van der Waals surface area contributed by atoms with Crippen molar-refractivity contribution in [3.8, 4) is 0 Å². The van der Waals surface area contributed by atoms with E-state index in [1.54, 1.807) is 0 Å². The van der Waals surface area contributed by atoms with E-state index >= 15 is 0 Å². The smallest absolute Gasteiger partial charge is 0.185 e. The van der Waals surface area contributed by atoms with Crippen LogP contribution in [-0.2, 0) is 6.54 Å². The quantitative estimate of drug-likeness (QED) is 0.904. The van der Waals surface area contributed by atoms with Crippen LogP contribution >= 0.6 is 23.1 Å². The molecule has 1 N–H and O–H groups in total. The second-order valence-corrected chi connectivity index (χ2v) is 8.00. The first-order valence-corrected chi connectivity index (χ1v) is 9.27. The van der Waals surface area contributed by atoms with Crippen molar-refractivity contribution in [2.45, 2.75) is 45.2 Å². The molecule has 106 valence electrons. The second kappa shape index (κ2) is 6.02. The van der Waals surface area contributed by atoms with Crippen molar-refractivity contribution in [2.24, 2.45) is 0 Å². The topological polar surface area (TPSA) is 28.2 Å². The van der Waals surface area contributed by atoms with Crippen molar-refractivity contribution in [3.05, 3.63) is 10.6 Å². The summed E-state index contributed by atoms with van der Waals surface area (Å²) >= 11 is 3.96. The molecule has 2 fully saturated rings. The first-order chi connectivity index (χ1) is 9.24. The van der Waals surface area contributed by atoms with Gasteiger partial charge < -0.3 is 10.2 Å². The number of thioether (sulfide) groups is 1. The van der Waals surface area contributed by atoms with Crippen LogP contribution in [0.15, 0.2) is 0 Å². The van der Waals surface area contributed by atoms with Crippen molar-refractivity contribution >= 4 is 28.2 Å². The van der Waals surface area contributed by atoms with Crippen LogP contribution in [-0.4, -0.2) is 35.6 Å². The Bertz CT molecular complexity index is 420. The molecule has 2 aliphatic rings. The fourth-order valence-electron chi connectivity index (χ4n) is 2.34. The lowest BCUT2D eigenvalue weighted by Gasteiger charge is -2.25. The lowest BCUT2D eigenvalue weighted by Crippen LogP contribution is -2.32. The van der Waals surface area contributed by atoms with Crippen LogP contribution in [0.3, 0.4) is 0 Å². The maximum atomic E-state index is 4.93. The average molecular weight is 297 g/mol. The number of hydrogen-bond donors (Lipinski definition) is 1. The molecule has 1 saturated carbocycles. The van der Waals surface area contributed by atoms with Gasteiger partial charge in [-0.1, -0.05) is 13.8 Å². The third-order valence-electron chi connectivity index (χ3n) is 3.67. The van der Waals surface area contributed by atoms with E-state index in [9.17, 15) is 0 Å². The van der Waals surface area contributed by atoms with E-state index in [2.05, 4.69) is 35.8 Å². The van der Waals surface area contributed by atoms with Crippen LogP contribution in [0.4, 0.5) is 5.13 Å². The summed E-state index contributed by atoms with van der Waals surface area (Å²) in [6.07, 6.45) is 2.71. The van der Waals surface area contributed by atoms with E-state index in [4.69, 9.17) is 4.98 Å². The highest BCUT2D eigenvalue weighted by Gasteiger charge is 2.23. The van der Waals surface area contributed by atoms with E-state index in [1.165, 1.54) is 40.0 Å². The molecule has 19 heavy (non-hydrogen) atoms. The van der Waals surface area contributed by atoms with E-state index in [0.29, 0.717) is 5.92 Å². The molecule has 0 amide bonds. The Morgan fingerprint density at radius 3 is 2.68 bits per heavy atom. The molecule has 3 rings (SSSR count). The third-order valence-corrected chi connectivity index (χ3v) is 5.75. The predicted molar refractivity (Wildman–Crippen MR) is 85.6 cm³/mol. The van der Waals surface area contributed by atoms with E-state index in [-0.39, 0.29) is 0 Å². The van der Waals surface area contributed by atoms with Gasteiger partial charge >= 0.3 is 0 Å². The summed E-state index contributed by atoms with van der Waals surface area (Å²) in [5.41, 5.74) is 1.31. The molecule has 5 heteroatoms. The molecule has 0 aromatic carbocycles. The number of aromatic nitrogens is 1. The highest BCUT2D eigenvalue weighted by molar-refractivity contribution is 7.99. The summed E-state index contributed by atoms with van der Waals surface area (Å²) in [6.45, 7) is 7.84. The maximum Gasteiger partial charge on any atom is 0.185 e. The lowest BCUT2D eigenvalue weighted by atomic mass is 10.1. The number of nitrogens with one attached hydrogen (secondary N) is 1. The highest BCUT2D eigenvalue weighted by atomic mass is 32.2. The molecule has 0 atom stereocenters. The minimum Gasteiger partial charge on any atom is -0.346 e. The van der Waals surface area contributed by atoms with Gasteiger partial charge in [0, 0.05) is 42.1 Å². The second-order valence-electron chi connectivity index (χ2n) is 5.71. The molecular formula is C14H23N3S2. The number of hydrogen-bond acceptors (Lipinski definition) is 5. The minimum absolute atomic E-state index is 0.528. The first kappa shape index (κ1) is 13.7. The van der Waals surface area contributed by atoms with Crippen LogP contribution in [0.2, 0.25) is 0 Å². The average Bonchev–Trinajstić information content (AvgIpc) is 3.15. The zero-order valence-electron chi connectivity index (χ0n) is 11.8. The van der Waals surface area contributed by atoms with Gasteiger partial charge in [0.15, 0.2) is 5.13 Å². The SMILES string of the molecule is CC(C)c1nc(N2CCSCC2)sc1CNC1CC1. The molecule has 1 aliphatic carbocycles. The molecule has 0 radical (unpaired) electrons. The van der Waals surface area contributed by atoms with Crippen molar-refractivity contribution in [1.82, 2.24) is 10.3 Å². The molecule has 1 aliphatic heterocycles. The minimum atomic E-state index is 0.528. The van der Waals surface area contributed by atoms with Crippen LogP contribution in [0.25, 0.3) is 0 Å². The van der Waals surface area contributed by atoms with Gasteiger partial charge in [0.05, 0.1) is 5.69 Å². The summed E-state index contributed by atoms with van der Waals surface area (Å²) < 4.78 is 0. The zero-order chi connectivity index (χ0) is 13.2. The van der Waals surface area contributed by atoms with E-state index in [1.807, 2.05) is 11.3 Å². The van der Waals surface area contributed by atoms with Gasteiger partial charge in [-0.15, -0.1) is 11.3 Å². The number of nitrogens with zero attached hydrogens (tertiary/aromatic N) is 2. The summed E-state index contributed by atoms with van der Waals surface area (Å²) in [5.74, 6) is 3.01. The standard InChI is InChI=1S/C14H23N3S2/c1-10(2)13-12(9-15-11-3-4-11)19-14(16-13)17-5-7-18-8-6-17/h10-11,15H,3-9H2,1-2H3. The normalized spacial score (nSPS) is 20.3. The van der Waals surface area contributed by atoms with Crippen LogP contribution in [0, 0.1) is 0 Å². The summed E-state index contributed by atoms with van der Waals surface area (Å²) in [6, 6.07) is 0.775. The van der Waals surface area contributed by atoms with Gasteiger partial charge in [0.1, 0.15) is 0 Å². The first-order valence-electron chi connectivity index (χ1n) is 7.29. The Hall–Kier alpha value is -0.260. The Labute approximate surface area is 124 Å². The van der Waals surface area contributed by atoms with Gasteiger partial charge in [-0.3, -0.25) is 0 Å². The van der Waals surface area contributed by atoms with Gasteiger partial charge in [-0.25, -0.2) is 4.98 Å². The summed E-state index contributed by atoms with van der Waals surface area (Å²) in [7, 11) is 0. The molecule has 1 aromatic rings. The molecule has 0 spiro atoms. The molecule has 2 heterocycles. The van der Waals surface area contributed by atoms with Crippen LogP contribution in [0.1, 0.15) is 43.2 Å². The molecule has 1 saturated heterocycles. The van der Waals surface area contributed by atoms with Gasteiger partial charge in [-0.05, 0) is 18.8 Å².